The van der Waals surface area contributed by atoms with Crippen LogP contribution in [0.15, 0.2) is 36.4 Å². The van der Waals surface area contributed by atoms with E-state index in [-0.39, 0.29) is 12.4 Å². The van der Waals surface area contributed by atoms with Crippen LogP contribution in [-0.2, 0) is 6.61 Å². The molecule has 0 saturated carbocycles. The van der Waals surface area contributed by atoms with E-state index < -0.39 is 5.82 Å². The van der Waals surface area contributed by atoms with Crippen LogP contribution in [0.25, 0.3) is 0 Å². The van der Waals surface area contributed by atoms with Crippen LogP contribution in [0.1, 0.15) is 11.1 Å². The summed E-state index contributed by atoms with van der Waals surface area (Å²) in [6, 6.07) is 10.2. The molecule has 0 spiro atoms. The van der Waals surface area contributed by atoms with E-state index in [0.29, 0.717) is 10.8 Å². The molecule has 0 saturated heterocycles. The molecule has 100 valence electrons. The summed E-state index contributed by atoms with van der Waals surface area (Å²) in [6.07, 6.45) is 0. The molecule has 0 fully saturated rings. The monoisotopic (exact) mass is 280 g/mol. The molecule has 2 rings (SSSR count). The molecular weight excluding hydrogens is 267 g/mol. The summed E-state index contributed by atoms with van der Waals surface area (Å²) in [5.41, 5.74) is 1.72. The van der Waals surface area contributed by atoms with Crippen LogP contribution in [0, 0.1) is 12.7 Å². The van der Waals surface area contributed by atoms with E-state index in [9.17, 15) is 4.39 Å². The van der Waals surface area contributed by atoms with Crippen LogP contribution in [0.3, 0.4) is 0 Å². The minimum Gasteiger partial charge on any atom is -0.494 e. The number of hydrogen-bond donors (Lipinski definition) is 0. The summed E-state index contributed by atoms with van der Waals surface area (Å²) in [6.45, 7) is 2.21. The molecule has 4 heteroatoms. The maximum Gasteiger partial charge on any atom is 0.165 e. The van der Waals surface area contributed by atoms with Gasteiger partial charge in [-0.15, -0.1) is 0 Å². The van der Waals surface area contributed by atoms with Gasteiger partial charge in [0.05, 0.1) is 7.11 Å². The molecular formula is C15H14ClFO2. The van der Waals surface area contributed by atoms with Gasteiger partial charge in [-0.25, -0.2) is 4.39 Å². The Bertz CT molecular complexity index is 584. The van der Waals surface area contributed by atoms with Crippen LogP contribution < -0.4 is 9.47 Å². The number of hydrogen-bond acceptors (Lipinski definition) is 2. The van der Waals surface area contributed by atoms with Crippen molar-refractivity contribution in [1.29, 1.82) is 0 Å². The molecule has 0 aliphatic heterocycles. The largest absolute Gasteiger partial charge is 0.494 e. The van der Waals surface area contributed by atoms with Gasteiger partial charge in [0.15, 0.2) is 11.6 Å². The third-order valence-corrected chi connectivity index (χ3v) is 3.00. The highest BCUT2D eigenvalue weighted by Gasteiger charge is 2.05. The van der Waals surface area contributed by atoms with E-state index in [2.05, 4.69) is 0 Å². The van der Waals surface area contributed by atoms with E-state index in [4.69, 9.17) is 21.1 Å². The van der Waals surface area contributed by atoms with E-state index in [0.717, 1.165) is 11.1 Å². The van der Waals surface area contributed by atoms with Crippen molar-refractivity contribution in [3.8, 4) is 11.5 Å². The van der Waals surface area contributed by atoms with Gasteiger partial charge < -0.3 is 9.47 Å². The Morgan fingerprint density at radius 2 is 1.89 bits per heavy atom. The Labute approximate surface area is 116 Å². The summed E-state index contributed by atoms with van der Waals surface area (Å²) in [4.78, 5) is 0. The molecule has 0 aromatic heterocycles. The lowest BCUT2D eigenvalue weighted by Crippen LogP contribution is -1.98. The molecule has 0 atom stereocenters. The number of halogens is 2. The standard InChI is InChI=1S/C15H14ClFO2/c1-10-3-5-12(16)8-15(10)19-9-11-4-6-14(18-2)13(17)7-11/h3-8H,9H2,1-2H3. The second-order valence-corrected chi connectivity index (χ2v) is 4.60. The fourth-order valence-electron chi connectivity index (χ4n) is 1.69. The summed E-state index contributed by atoms with van der Waals surface area (Å²) in [5.74, 6) is 0.526. The first-order chi connectivity index (χ1) is 9.10. The first kappa shape index (κ1) is 13.7. The highest BCUT2D eigenvalue weighted by Crippen LogP contribution is 2.24. The molecule has 2 nitrogen and oxygen atoms in total. The highest BCUT2D eigenvalue weighted by molar-refractivity contribution is 6.30. The molecule has 0 radical (unpaired) electrons. The van der Waals surface area contributed by atoms with Crippen LogP contribution in [0.2, 0.25) is 5.02 Å². The molecule has 2 aromatic rings. The average molecular weight is 281 g/mol. The van der Waals surface area contributed by atoms with Crippen LogP contribution in [0.5, 0.6) is 11.5 Å². The first-order valence-electron chi connectivity index (χ1n) is 5.81. The summed E-state index contributed by atoms with van der Waals surface area (Å²) >= 11 is 5.91. The van der Waals surface area contributed by atoms with Gasteiger partial charge in [-0.1, -0.05) is 23.7 Å². The zero-order chi connectivity index (χ0) is 13.8. The molecule has 0 heterocycles. The number of ether oxygens (including phenoxy) is 2. The van der Waals surface area contributed by atoms with Gasteiger partial charge in [-0.3, -0.25) is 0 Å². The second kappa shape index (κ2) is 5.93. The second-order valence-electron chi connectivity index (χ2n) is 4.17. The van der Waals surface area contributed by atoms with E-state index >= 15 is 0 Å². The van der Waals surface area contributed by atoms with Gasteiger partial charge in [0.25, 0.3) is 0 Å². The fourth-order valence-corrected chi connectivity index (χ4v) is 1.85. The van der Waals surface area contributed by atoms with Gasteiger partial charge in [0.2, 0.25) is 0 Å². The quantitative estimate of drug-likeness (QED) is 0.828. The minimum atomic E-state index is -0.397. The lowest BCUT2D eigenvalue weighted by molar-refractivity contribution is 0.302. The summed E-state index contributed by atoms with van der Waals surface area (Å²) < 4.78 is 24.0. The van der Waals surface area contributed by atoms with Crippen molar-refractivity contribution in [1.82, 2.24) is 0 Å². The normalized spacial score (nSPS) is 10.3. The number of benzene rings is 2. The summed E-state index contributed by atoms with van der Waals surface area (Å²) in [5, 5.41) is 0.613. The Balaban J connectivity index is 2.10. The number of rotatable bonds is 4. The Hall–Kier alpha value is -1.74. The highest BCUT2D eigenvalue weighted by atomic mass is 35.5. The van der Waals surface area contributed by atoms with Crippen molar-refractivity contribution in [3.63, 3.8) is 0 Å². The topological polar surface area (TPSA) is 18.5 Å². The smallest absolute Gasteiger partial charge is 0.165 e. The predicted molar refractivity (Wildman–Crippen MR) is 73.5 cm³/mol. The van der Waals surface area contributed by atoms with E-state index in [1.54, 1.807) is 24.3 Å². The molecule has 0 bridgehead atoms. The van der Waals surface area contributed by atoms with Gasteiger partial charge in [-0.05, 0) is 42.3 Å². The van der Waals surface area contributed by atoms with E-state index in [1.807, 2.05) is 13.0 Å². The van der Waals surface area contributed by atoms with Crippen molar-refractivity contribution < 1.29 is 13.9 Å². The molecule has 19 heavy (non-hydrogen) atoms. The zero-order valence-electron chi connectivity index (χ0n) is 10.7. The third kappa shape index (κ3) is 3.38. The van der Waals surface area contributed by atoms with Gasteiger partial charge >= 0.3 is 0 Å². The fraction of sp³-hybridized carbons (Fsp3) is 0.200. The van der Waals surface area contributed by atoms with Gasteiger partial charge in [0.1, 0.15) is 12.4 Å². The van der Waals surface area contributed by atoms with E-state index in [1.165, 1.54) is 13.2 Å². The van der Waals surface area contributed by atoms with Gasteiger partial charge in [0, 0.05) is 5.02 Å². The third-order valence-electron chi connectivity index (χ3n) is 2.76. The first-order valence-corrected chi connectivity index (χ1v) is 6.19. The van der Waals surface area contributed by atoms with Crippen molar-refractivity contribution >= 4 is 11.6 Å². The SMILES string of the molecule is COc1ccc(COc2cc(Cl)ccc2C)cc1F. The predicted octanol–water partition coefficient (Wildman–Crippen LogP) is 4.38. The number of methoxy groups -OCH3 is 1. The van der Waals surface area contributed by atoms with Gasteiger partial charge in [-0.2, -0.15) is 0 Å². The van der Waals surface area contributed by atoms with Crippen molar-refractivity contribution in [2.45, 2.75) is 13.5 Å². The van der Waals surface area contributed by atoms with Crippen LogP contribution >= 0.6 is 11.6 Å². The molecule has 0 N–H and O–H groups in total. The summed E-state index contributed by atoms with van der Waals surface area (Å²) in [7, 11) is 1.43. The lowest BCUT2D eigenvalue weighted by Gasteiger charge is -2.10. The molecule has 2 aromatic carbocycles. The Morgan fingerprint density at radius 1 is 1.11 bits per heavy atom. The zero-order valence-corrected chi connectivity index (χ0v) is 11.5. The van der Waals surface area contributed by atoms with Crippen LogP contribution in [0.4, 0.5) is 4.39 Å². The molecule has 0 aliphatic rings. The molecule has 0 unspecified atom stereocenters. The minimum absolute atomic E-state index is 0.225. The molecule has 0 aliphatic carbocycles. The number of aryl methyl sites for hydroxylation is 1. The molecule has 0 amide bonds. The van der Waals surface area contributed by atoms with Crippen molar-refractivity contribution in [2.75, 3.05) is 7.11 Å². The van der Waals surface area contributed by atoms with Crippen molar-refractivity contribution in [3.05, 3.63) is 58.4 Å². The lowest BCUT2D eigenvalue weighted by atomic mass is 10.2. The Morgan fingerprint density at radius 3 is 2.58 bits per heavy atom. The maximum absolute atomic E-state index is 13.5. The van der Waals surface area contributed by atoms with Crippen LogP contribution in [-0.4, -0.2) is 7.11 Å². The average Bonchev–Trinajstić information content (AvgIpc) is 2.40. The maximum atomic E-state index is 13.5. The Kier molecular flexibility index (Phi) is 4.27. The van der Waals surface area contributed by atoms with Crippen molar-refractivity contribution in [2.24, 2.45) is 0 Å².